The molecule has 108 valence electrons. The van der Waals surface area contributed by atoms with E-state index in [0.717, 1.165) is 0 Å². The molecule has 0 amide bonds. The summed E-state index contributed by atoms with van der Waals surface area (Å²) >= 11 is 0. The van der Waals surface area contributed by atoms with Gasteiger partial charge in [-0.05, 0) is 33.4 Å². The molecule has 0 saturated heterocycles. The molecule has 0 radical (unpaired) electrons. The van der Waals surface area contributed by atoms with Crippen LogP contribution in [0.15, 0.2) is 12.2 Å². The molecular weight excluding hydrogens is 218 g/mol. The van der Waals surface area contributed by atoms with Crippen LogP contribution in [0.2, 0.25) is 0 Å². The van der Waals surface area contributed by atoms with E-state index >= 15 is 0 Å². The van der Waals surface area contributed by atoms with E-state index < -0.39 is 0 Å². The van der Waals surface area contributed by atoms with E-state index in [1.54, 1.807) is 0 Å². The average molecular weight is 253 g/mol. The highest BCUT2D eigenvalue weighted by Gasteiger charge is 1.91. The molecule has 0 aromatic carbocycles. The Kier molecular flexibility index (Phi) is 14.5. The van der Waals surface area contributed by atoms with Gasteiger partial charge in [-0.1, -0.05) is 70.4 Å². The molecule has 0 aromatic heterocycles. The molecule has 0 fully saturated rings. The van der Waals surface area contributed by atoms with Crippen LogP contribution in [-0.2, 0) is 0 Å². The Morgan fingerprint density at radius 2 is 1.17 bits per heavy atom. The fourth-order valence-corrected chi connectivity index (χ4v) is 2.14. The Labute approximate surface area is 116 Å². The lowest BCUT2D eigenvalue weighted by Crippen LogP contribution is -2.11. The van der Waals surface area contributed by atoms with Gasteiger partial charge in [0.15, 0.2) is 0 Å². The summed E-state index contributed by atoms with van der Waals surface area (Å²) in [6, 6.07) is 0. The van der Waals surface area contributed by atoms with Crippen LogP contribution in [-0.4, -0.2) is 25.5 Å². The topological polar surface area (TPSA) is 3.24 Å². The smallest absolute Gasteiger partial charge is 0.000980 e. The molecule has 18 heavy (non-hydrogen) atoms. The SMILES string of the molecule is CCCCCCCCCCCC=CCCN(C)C. The van der Waals surface area contributed by atoms with Gasteiger partial charge in [0.1, 0.15) is 0 Å². The van der Waals surface area contributed by atoms with Crippen LogP contribution < -0.4 is 0 Å². The highest BCUT2D eigenvalue weighted by atomic mass is 15.0. The van der Waals surface area contributed by atoms with Crippen molar-refractivity contribution >= 4 is 0 Å². The van der Waals surface area contributed by atoms with Gasteiger partial charge in [-0.3, -0.25) is 0 Å². The van der Waals surface area contributed by atoms with E-state index in [1.807, 2.05) is 0 Å². The van der Waals surface area contributed by atoms with Gasteiger partial charge in [0.05, 0.1) is 0 Å². The summed E-state index contributed by atoms with van der Waals surface area (Å²) in [5, 5.41) is 0. The van der Waals surface area contributed by atoms with Crippen molar-refractivity contribution < 1.29 is 0 Å². The molecule has 0 rings (SSSR count). The standard InChI is InChI=1S/C17H35N/c1-4-5-6-7-8-9-10-11-12-13-14-15-16-17-18(2)3/h14-15H,4-13,16-17H2,1-3H3. The van der Waals surface area contributed by atoms with Gasteiger partial charge in [0.25, 0.3) is 0 Å². The Morgan fingerprint density at radius 1 is 0.667 bits per heavy atom. The van der Waals surface area contributed by atoms with Gasteiger partial charge in [-0.15, -0.1) is 0 Å². The molecule has 0 bridgehead atoms. The monoisotopic (exact) mass is 253 g/mol. The molecule has 0 N–H and O–H groups in total. The third-order valence-corrected chi connectivity index (χ3v) is 3.38. The molecule has 0 aliphatic rings. The molecule has 0 heterocycles. The van der Waals surface area contributed by atoms with Crippen molar-refractivity contribution in [3.05, 3.63) is 12.2 Å². The molecular formula is C17H35N. The summed E-state index contributed by atoms with van der Waals surface area (Å²) in [5.41, 5.74) is 0. The third-order valence-electron chi connectivity index (χ3n) is 3.38. The van der Waals surface area contributed by atoms with Gasteiger partial charge < -0.3 is 4.90 Å². The number of unbranched alkanes of at least 4 members (excludes halogenated alkanes) is 9. The largest absolute Gasteiger partial charge is 0.309 e. The summed E-state index contributed by atoms with van der Waals surface area (Å²) < 4.78 is 0. The van der Waals surface area contributed by atoms with E-state index in [2.05, 4.69) is 38.1 Å². The van der Waals surface area contributed by atoms with Crippen LogP contribution in [0.4, 0.5) is 0 Å². The van der Waals surface area contributed by atoms with Crippen molar-refractivity contribution in [2.75, 3.05) is 20.6 Å². The Balaban J connectivity index is 3.02. The zero-order valence-electron chi connectivity index (χ0n) is 13.1. The lowest BCUT2D eigenvalue weighted by atomic mass is 10.1. The lowest BCUT2D eigenvalue weighted by molar-refractivity contribution is 0.417. The predicted octanol–water partition coefficient (Wildman–Crippen LogP) is 5.42. The fourth-order valence-electron chi connectivity index (χ4n) is 2.14. The maximum atomic E-state index is 2.37. The van der Waals surface area contributed by atoms with Crippen LogP contribution >= 0.6 is 0 Å². The summed E-state index contributed by atoms with van der Waals surface area (Å²) in [7, 11) is 4.27. The second kappa shape index (κ2) is 14.8. The van der Waals surface area contributed by atoms with Crippen LogP contribution in [0, 0.1) is 0 Å². The maximum Gasteiger partial charge on any atom is 0.000980 e. The molecule has 0 aromatic rings. The number of nitrogens with zero attached hydrogens (tertiary/aromatic N) is 1. The minimum absolute atomic E-state index is 1.17. The molecule has 0 spiro atoms. The van der Waals surface area contributed by atoms with Crippen LogP contribution in [0.3, 0.4) is 0 Å². The number of hydrogen-bond acceptors (Lipinski definition) is 1. The number of rotatable bonds is 13. The second-order valence-corrected chi connectivity index (χ2v) is 5.68. The van der Waals surface area contributed by atoms with Gasteiger partial charge in [-0.25, -0.2) is 0 Å². The highest BCUT2D eigenvalue weighted by molar-refractivity contribution is 4.81. The van der Waals surface area contributed by atoms with Crippen molar-refractivity contribution in [2.24, 2.45) is 0 Å². The second-order valence-electron chi connectivity index (χ2n) is 5.68. The normalized spacial score (nSPS) is 11.8. The first-order chi connectivity index (χ1) is 8.77. The average Bonchev–Trinajstić information content (AvgIpc) is 2.34. The Bertz CT molecular complexity index is 172. The predicted molar refractivity (Wildman–Crippen MR) is 84.2 cm³/mol. The minimum Gasteiger partial charge on any atom is -0.309 e. The lowest BCUT2D eigenvalue weighted by Gasteiger charge is -2.05. The van der Waals surface area contributed by atoms with E-state index in [1.165, 1.54) is 77.2 Å². The molecule has 0 saturated carbocycles. The highest BCUT2D eigenvalue weighted by Crippen LogP contribution is 2.10. The zero-order chi connectivity index (χ0) is 13.5. The first kappa shape index (κ1) is 17.7. The van der Waals surface area contributed by atoms with Gasteiger partial charge in [0.2, 0.25) is 0 Å². The Hall–Kier alpha value is -0.300. The Morgan fingerprint density at radius 3 is 1.72 bits per heavy atom. The first-order valence-corrected chi connectivity index (χ1v) is 8.07. The van der Waals surface area contributed by atoms with Crippen molar-refractivity contribution in [3.8, 4) is 0 Å². The number of hydrogen-bond donors (Lipinski definition) is 0. The van der Waals surface area contributed by atoms with Gasteiger partial charge in [-0.2, -0.15) is 0 Å². The first-order valence-electron chi connectivity index (χ1n) is 8.07. The number of allylic oxidation sites excluding steroid dienone is 1. The summed E-state index contributed by atoms with van der Waals surface area (Å²) in [4.78, 5) is 2.24. The van der Waals surface area contributed by atoms with Crippen molar-refractivity contribution in [1.29, 1.82) is 0 Å². The molecule has 1 nitrogen and oxygen atoms in total. The van der Waals surface area contributed by atoms with Crippen molar-refractivity contribution in [2.45, 2.75) is 77.6 Å². The van der Waals surface area contributed by atoms with Crippen LogP contribution in [0.25, 0.3) is 0 Å². The van der Waals surface area contributed by atoms with E-state index in [4.69, 9.17) is 0 Å². The summed E-state index contributed by atoms with van der Waals surface area (Å²) in [6.45, 7) is 3.46. The summed E-state index contributed by atoms with van der Waals surface area (Å²) in [5.74, 6) is 0. The molecule has 1 heteroatoms. The van der Waals surface area contributed by atoms with E-state index in [9.17, 15) is 0 Å². The van der Waals surface area contributed by atoms with E-state index in [0.29, 0.717) is 0 Å². The zero-order valence-corrected chi connectivity index (χ0v) is 13.1. The molecule has 0 aliphatic carbocycles. The van der Waals surface area contributed by atoms with E-state index in [-0.39, 0.29) is 0 Å². The minimum atomic E-state index is 1.17. The van der Waals surface area contributed by atoms with Gasteiger partial charge >= 0.3 is 0 Å². The van der Waals surface area contributed by atoms with Crippen LogP contribution in [0.5, 0.6) is 0 Å². The van der Waals surface area contributed by atoms with Crippen molar-refractivity contribution in [1.82, 2.24) is 4.90 Å². The summed E-state index contributed by atoms with van der Waals surface area (Å²) in [6.07, 6.45) is 20.0. The molecule has 0 aliphatic heterocycles. The maximum absolute atomic E-state index is 2.37. The molecule has 0 atom stereocenters. The third kappa shape index (κ3) is 15.7. The fraction of sp³-hybridized carbons (Fsp3) is 0.882. The molecule has 0 unspecified atom stereocenters. The quantitative estimate of drug-likeness (QED) is 0.313. The van der Waals surface area contributed by atoms with Gasteiger partial charge in [0, 0.05) is 6.54 Å². The van der Waals surface area contributed by atoms with Crippen LogP contribution in [0.1, 0.15) is 77.6 Å². The van der Waals surface area contributed by atoms with Crippen molar-refractivity contribution in [3.63, 3.8) is 0 Å².